The zero-order valence-electron chi connectivity index (χ0n) is 11.7. The van der Waals surface area contributed by atoms with E-state index in [9.17, 15) is 4.79 Å². The molecule has 106 valence electrons. The molecule has 0 aliphatic rings. The highest BCUT2D eigenvalue weighted by Gasteiger charge is 2.07. The van der Waals surface area contributed by atoms with Crippen molar-refractivity contribution in [3.05, 3.63) is 71.9 Å². The van der Waals surface area contributed by atoms with Gasteiger partial charge in [-0.1, -0.05) is 42.5 Å². The fourth-order valence-electron chi connectivity index (χ4n) is 2.66. The van der Waals surface area contributed by atoms with Crippen molar-refractivity contribution in [2.24, 2.45) is 0 Å². The molecule has 21 heavy (non-hydrogen) atoms. The fourth-order valence-corrected chi connectivity index (χ4v) is 2.66. The van der Waals surface area contributed by atoms with Gasteiger partial charge in [-0.15, -0.1) is 0 Å². The molecular formula is C18H17NO2. The molecule has 0 aliphatic heterocycles. The summed E-state index contributed by atoms with van der Waals surface area (Å²) in [6.07, 6.45) is 2.81. The van der Waals surface area contributed by atoms with Gasteiger partial charge in [0.2, 0.25) is 0 Å². The van der Waals surface area contributed by atoms with Crippen molar-refractivity contribution in [1.82, 2.24) is 4.57 Å². The van der Waals surface area contributed by atoms with Crippen LogP contribution in [0.4, 0.5) is 0 Å². The Labute approximate surface area is 123 Å². The van der Waals surface area contributed by atoms with E-state index in [1.807, 2.05) is 30.3 Å². The number of hydrogen-bond donors (Lipinski definition) is 1. The summed E-state index contributed by atoms with van der Waals surface area (Å²) in [7, 11) is 0. The predicted octanol–water partition coefficient (Wildman–Crippen LogP) is 3.71. The quantitative estimate of drug-likeness (QED) is 0.773. The van der Waals surface area contributed by atoms with Gasteiger partial charge in [0.15, 0.2) is 0 Å². The number of aliphatic carboxylic acids is 1. The summed E-state index contributed by atoms with van der Waals surface area (Å²) in [6, 6.07) is 18.5. The average Bonchev–Trinajstić information content (AvgIpc) is 2.90. The number of nitrogens with zero attached hydrogens (tertiary/aromatic N) is 1. The Morgan fingerprint density at radius 3 is 2.57 bits per heavy atom. The lowest BCUT2D eigenvalue weighted by atomic mass is 10.1. The van der Waals surface area contributed by atoms with E-state index in [4.69, 9.17) is 5.11 Å². The van der Waals surface area contributed by atoms with Crippen molar-refractivity contribution in [3.63, 3.8) is 0 Å². The van der Waals surface area contributed by atoms with Crippen LogP contribution in [0, 0.1) is 0 Å². The van der Waals surface area contributed by atoms with E-state index in [0.717, 1.165) is 23.0 Å². The summed E-state index contributed by atoms with van der Waals surface area (Å²) in [6.45, 7) is 0.826. The highest BCUT2D eigenvalue weighted by Crippen LogP contribution is 2.22. The number of hydrogen-bond acceptors (Lipinski definition) is 1. The SMILES string of the molecule is O=C(O)CCc1cccc2c1ccn2Cc1ccccc1. The molecule has 1 heterocycles. The third-order valence-electron chi connectivity index (χ3n) is 3.71. The van der Waals surface area contributed by atoms with E-state index in [1.165, 1.54) is 5.56 Å². The Balaban J connectivity index is 1.91. The van der Waals surface area contributed by atoms with Crippen LogP contribution in [0.1, 0.15) is 17.5 Å². The van der Waals surface area contributed by atoms with Gasteiger partial charge in [-0.05, 0) is 29.7 Å². The second kappa shape index (κ2) is 5.83. The molecule has 0 atom stereocenters. The number of fused-ring (bicyclic) bond motifs is 1. The van der Waals surface area contributed by atoms with E-state index >= 15 is 0 Å². The maximum Gasteiger partial charge on any atom is 0.303 e. The lowest BCUT2D eigenvalue weighted by Crippen LogP contribution is -1.99. The van der Waals surface area contributed by atoms with Gasteiger partial charge in [-0.25, -0.2) is 0 Å². The number of aromatic nitrogens is 1. The largest absolute Gasteiger partial charge is 0.481 e. The number of rotatable bonds is 5. The number of carboxylic acids is 1. The molecule has 0 saturated carbocycles. The van der Waals surface area contributed by atoms with E-state index in [-0.39, 0.29) is 6.42 Å². The second-order valence-electron chi connectivity index (χ2n) is 5.17. The maximum atomic E-state index is 10.7. The summed E-state index contributed by atoms with van der Waals surface area (Å²) in [5, 5.41) is 9.99. The zero-order chi connectivity index (χ0) is 14.7. The van der Waals surface area contributed by atoms with E-state index in [2.05, 4.69) is 35.0 Å². The van der Waals surface area contributed by atoms with Crippen LogP contribution in [0.5, 0.6) is 0 Å². The molecule has 0 bridgehead atoms. The lowest BCUT2D eigenvalue weighted by molar-refractivity contribution is -0.136. The normalized spacial score (nSPS) is 10.9. The molecule has 0 radical (unpaired) electrons. The Bertz CT molecular complexity index is 759. The van der Waals surface area contributed by atoms with E-state index < -0.39 is 5.97 Å². The molecule has 1 N–H and O–H groups in total. The van der Waals surface area contributed by atoms with Crippen molar-refractivity contribution < 1.29 is 9.90 Å². The van der Waals surface area contributed by atoms with Crippen molar-refractivity contribution in [2.75, 3.05) is 0 Å². The number of carbonyl (C=O) groups is 1. The number of benzene rings is 2. The molecule has 0 amide bonds. The topological polar surface area (TPSA) is 42.2 Å². The average molecular weight is 279 g/mol. The highest BCUT2D eigenvalue weighted by atomic mass is 16.4. The standard InChI is InChI=1S/C18H17NO2/c20-18(21)10-9-15-7-4-8-17-16(15)11-12-19(17)13-14-5-2-1-3-6-14/h1-8,11-12H,9-10,13H2,(H,20,21). The molecule has 3 rings (SSSR count). The minimum atomic E-state index is -0.754. The van der Waals surface area contributed by atoms with Gasteiger partial charge in [0.05, 0.1) is 0 Å². The summed E-state index contributed by atoms with van der Waals surface area (Å²) in [5.74, 6) is -0.754. The molecule has 0 spiro atoms. The van der Waals surface area contributed by atoms with Crippen LogP contribution in [-0.2, 0) is 17.8 Å². The molecule has 0 fully saturated rings. The summed E-state index contributed by atoms with van der Waals surface area (Å²) in [4.78, 5) is 10.7. The van der Waals surface area contributed by atoms with Gasteiger partial charge in [0, 0.05) is 30.1 Å². The van der Waals surface area contributed by atoms with Crippen LogP contribution in [-0.4, -0.2) is 15.6 Å². The van der Waals surface area contributed by atoms with Crippen molar-refractivity contribution >= 4 is 16.9 Å². The number of aryl methyl sites for hydroxylation is 1. The minimum absolute atomic E-state index is 0.170. The van der Waals surface area contributed by atoms with Gasteiger partial charge in [-0.3, -0.25) is 4.79 Å². The fraction of sp³-hybridized carbons (Fsp3) is 0.167. The Morgan fingerprint density at radius 2 is 1.81 bits per heavy atom. The van der Waals surface area contributed by atoms with Crippen LogP contribution in [0.3, 0.4) is 0 Å². The molecule has 2 aromatic carbocycles. The third-order valence-corrected chi connectivity index (χ3v) is 3.71. The number of carboxylic acid groups (broad SMARTS) is 1. The Hall–Kier alpha value is -2.55. The predicted molar refractivity (Wildman–Crippen MR) is 83.4 cm³/mol. The second-order valence-corrected chi connectivity index (χ2v) is 5.17. The first-order valence-corrected chi connectivity index (χ1v) is 7.06. The first-order chi connectivity index (χ1) is 10.2. The molecule has 0 aliphatic carbocycles. The Kier molecular flexibility index (Phi) is 3.73. The minimum Gasteiger partial charge on any atom is -0.481 e. The first-order valence-electron chi connectivity index (χ1n) is 7.06. The van der Waals surface area contributed by atoms with Crippen LogP contribution < -0.4 is 0 Å². The molecule has 3 heteroatoms. The van der Waals surface area contributed by atoms with Crippen LogP contribution in [0.25, 0.3) is 10.9 Å². The molecular weight excluding hydrogens is 262 g/mol. The molecule has 1 aromatic heterocycles. The van der Waals surface area contributed by atoms with E-state index in [0.29, 0.717) is 6.42 Å². The molecule has 3 nitrogen and oxygen atoms in total. The van der Waals surface area contributed by atoms with Gasteiger partial charge in [0.25, 0.3) is 0 Å². The first kappa shape index (κ1) is 13.4. The summed E-state index contributed by atoms with van der Waals surface area (Å²) >= 11 is 0. The highest BCUT2D eigenvalue weighted by molar-refractivity contribution is 5.84. The molecule has 3 aromatic rings. The molecule has 0 saturated heterocycles. The monoisotopic (exact) mass is 279 g/mol. The van der Waals surface area contributed by atoms with Crippen molar-refractivity contribution in [2.45, 2.75) is 19.4 Å². The summed E-state index contributed by atoms with van der Waals surface area (Å²) < 4.78 is 2.20. The van der Waals surface area contributed by atoms with Gasteiger partial charge < -0.3 is 9.67 Å². The lowest BCUT2D eigenvalue weighted by Gasteiger charge is -2.07. The van der Waals surface area contributed by atoms with Crippen LogP contribution in [0.2, 0.25) is 0 Å². The van der Waals surface area contributed by atoms with Gasteiger partial charge in [-0.2, -0.15) is 0 Å². The van der Waals surface area contributed by atoms with Crippen LogP contribution in [0.15, 0.2) is 60.8 Å². The molecule has 0 unspecified atom stereocenters. The third kappa shape index (κ3) is 2.97. The Morgan fingerprint density at radius 1 is 1.00 bits per heavy atom. The van der Waals surface area contributed by atoms with Gasteiger partial charge >= 0.3 is 5.97 Å². The van der Waals surface area contributed by atoms with Crippen LogP contribution >= 0.6 is 0 Å². The maximum absolute atomic E-state index is 10.7. The van der Waals surface area contributed by atoms with Crippen molar-refractivity contribution in [3.8, 4) is 0 Å². The van der Waals surface area contributed by atoms with E-state index in [1.54, 1.807) is 0 Å². The smallest absolute Gasteiger partial charge is 0.303 e. The van der Waals surface area contributed by atoms with Crippen molar-refractivity contribution in [1.29, 1.82) is 0 Å². The van der Waals surface area contributed by atoms with Gasteiger partial charge in [0.1, 0.15) is 0 Å². The summed E-state index contributed by atoms with van der Waals surface area (Å²) in [5.41, 5.74) is 3.51. The zero-order valence-corrected chi connectivity index (χ0v) is 11.7.